The fraction of sp³-hybridized carbons (Fsp3) is 0.238. The minimum Gasteiger partial charge on any atom is -0.508 e. The van der Waals surface area contributed by atoms with Crippen LogP contribution in [0.25, 0.3) is 16.9 Å². The first-order valence-electron chi connectivity index (χ1n) is 9.42. The van der Waals surface area contributed by atoms with Gasteiger partial charge in [-0.05, 0) is 61.4 Å². The third kappa shape index (κ3) is 4.40. The lowest BCUT2D eigenvalue weighted by Crippen LogP contribution is -2.45. The van der Waals surface area contributed by atoms with Crippen molar-refractivity contribution in [3.63, 3.8) is 0 Å². The van der Waals surface area contributed by atoms with Crippen LogP contribution in [0.4, 0.5) is 0 Å². The Kier molecular flexibility index (Phi) is 5.76. The summed E-state index contributed by atoms with van der Waals surface area (Å²) in [6.45, 7) is 1.67. The number of nitrogens with one attached hydrogen (secondary N) is 1. The molecule has 3 aromatic rings. The number of carbonyl (C=O) groups excluding carboxylic acids is 1. The number of hydrazine groups is 1. The molecule has 0 aliphatic carbocycles. The fourth-order valence-corrected chi connectivity index (χ4v) is 3.86. The fourth-order valence-electron chi connectivity index (χ4n) is 3.37. The summed E-state index contributed by atoms with van der Waals surface area (Å²) in [7, 11) is 0. The lowest BCUT2D eigenvalue weighted by molar-refractivity contribution is 0.0744. The second kappa shape index (κ2) is 8.45. The average molecular weight is 431 g/mol. The summed E-state index contributed by atoms with van der Waals surface area (Å²) in [4.78, 5) is 12.8. The molecule has 150 valence electrons. The van der Waals surface area contributed by atoms with Crippen LogP contribution in [0.15, 0.2) is 48.5 Å². The molecule has 4 rings (SSSR count). The van der Waals surface area contributed by atoms with E-state index in [1.807, 2.05) is 5.01 Å². The number of carbonyl (C=O) groups is 1. The third-order valence-corrected chi connectivity index (χ3v) is 5.40. The highest BCUT2D eigenvalue weighted by Gasteiger charge is 2.20. The quantitative estimate of drug-likeness (QED) is 0.629. The van der Waals surface area contributed by atoms with Crippen LogP contribution < -0.4 is 5.43 Å². The van der Waals surface area contributed by atoms with Gasteiger partial charge >= 0.3 is 0 Å². The van der Waals surface area contributed by atoms with Crippen LogP contribution in [-0.4, -0.2) is 38.9 Å². The Morgan fingerprint density at radius 2 is 1.72 bits per heavy atom. The number of amides is 1. The minimum atomic E-state index is -0.268. The maximum absolute atomic E-state index is 12.8. The number of benzene rings is 2. The molecule has 0 spiro atoms. The van der Waals surface area contributed by atoms with Gasteiger partial charge in [0.15, 0.2) is 5.69 Å². The number of piperidine rings is 1. The van der Waals surface area contributed by atoms with Gasteiger partial charge in [0.1, 0.15) is 5.75 Å². The summed E-state index contributed by atoms with van der Waals surface area (Å²) < 4.78 is 1.62. The Morgan fingerprint density at radius 1 is 1.00 bits per heavy atom. The van der Waals surface area contributed by atoms with E-state index in [2.05, 4.69) is 10.5 Å². The molecule has 1 saturated heterocycles. The first kappa shape index (κ1) is 19.8. The number of aromatic nitrogens is 2. The van der Waals surface area contributed by atoms with E-state index in [0.717, 1.165) is 31.5 Å². The van der Waals surface area contributed by atoms with Crippen LogP contribution in [0.1, 0.15) is 29.8 Å². The number of rotatable bonds is 4. The first-order valence-corrected chi connectivity index (χ1v) is 10.2. The second-order valence-electron chi connectivity index (χ2n) is 6.96. The highest BCUT2D eigenvalue weighted by molar-refractivity contribution is 6.35. The van der Waals surface area contributed by atoms with Crippen molar-refractivity contribution >= 4 is 29.1 Å². The van der Waals surface area contributed by atoms with Gasteiger partial charge in [0.2, 0.25) is 0 Å². The van der Waals surface area contributed by atoms with Crippen LogP contribution >= 0.6 is 23.2 Å². The Balaban J connectivity index is 1.73. The zero-order valence-electron chi connectivity index (χ0n) is 15.6. The van der Waals surface area contributed by atoms with Gasteiger partial charge in [0.25, 0.3) is 5.91 Å². The summed E-state index contributed by atoms with van der Waals surface area (Å²) in [6.07, 6.45) is 3.31. The SMILES string of the molecule is O=C(NN1CCCCC1)c1cc(-c2ccc(O)cc2)n(-c2ccc(Cl)cc2Cl)n1. The van der Waals surface area contributed by atoms with E-state index in [-0.39, 0.29) is 17.4 Å². The Bertz CT molecular complexity index is 1030. The second-order valence-corrected chi connectivity index (χ2v) is 7.80. The van der Waals surface area contributed by atoms with Crippen molar-refractivity contribution in [1.29, 1.82) is 0 Å². The number of aromatic hydroxyl groups is 1. The van der Waals surface area contributed by atoms with Gasteiger partial charge in [-0.2, -0.15) is 5.10 Å². The third-order valence-electron chi connectivity index (χ3n) is 4.86. The van der Waals surface area contributed by atoms with Gasteiger partial charge in [-0.15, -0.1) is 0 Å². The molecule has 1 aromatic heterocycles. The molecule has 0 bridgehead atoms. The van der Waals surface area contributed by atoms with E-state index >= 15 is 0 Å². The highest BCUT2D eigenvalue weighted by atomic mass is 35.5. The molecular formula is C21H20Cl2N4O2. The summed E-state index contributed by atoms with van der Waals surface area (Å²) in [5.74, 6) is -0.108. The largest absolute Gasteiger partial charge is 0.508 e. The van der Waals surface area contributed by atoms with Crippen LogP contribution in [0, 0.1) is 0 Å². The van der Waals surface area contributed by atoms with Crippen molar-refractivity contribution in [2.75, 3.05) is 13.1 Å². The molecule has 8 heteroatoms. The van der Waals surface area contributed by atoms with Gasteiger partial charge in [-0.3, -0.25) is 10.2 Å². The number of hydrogen-bond donors (Lipinski definition) is 2. The molecule has 1 aliphatic heterocycles. The maximum Gasteiger partial charge on any atom is 0.286 e. The molecule has 6 nitrogen and oxygen atoms in total. The van der Waals surface area contributed by atoms with E-state index in [1.165, 1.54) is 6.42 Å². The molecular weight excluding hydrogens is 411 g/mol. The summed E-state index contributed by atoms with van der Waals surface area (Å²) in [6, 6.07) is 13.5. The van der Waals surface area contributed by atoms with E-state index in [4.69, 9.17) is 23.2 Å². The van der Waals surface area contributed by atoms with Gasteiger partial charge in [0.05, 0.1) is 16.4 Å². The van der Waals surface area contributed by atoms with E-state index in [1.54, 1.807) is 53.2 Å². The normalized spacial score (nSPS) is 14.7. The number of halogens is 2. The Morgan fingerprint density at radius 3 is 2.41 bits per heavy atom. The zero-order chi connectivity index (χ0) is 20.4. The lowest BCUT2D eigenvalue weighted by atomic mass is 10.1. The molecule has 1 aliphatic rings. The molecule has 0 saturated carbocycles. The highest BCUT2D eigenvalue weighted by Crippen LogP contribution is 2.30. The molecule has 0 radical (unpaired) electrons. The molecule has 29 heavy (non-hydrogen) atoms. The van der Waals surface area contributed by atoms with Crippen LogP contribution in [0.3, 0.4) is 0 Å². The zero-order valence-corrected chi connectivity index (χ0v) is 17.1. The predicted octanol–water partition coefficient (Wildman–Crippen LogP) is 4.68. The lowest BCUT2D eigenvalue weighted by Gasteiger charge is -2.26. The molecule has 2 heterocycles. The summed E-state index contributed by atoms with van der Waals surface area (Å²) in [5, 5.41) is 17.0. The molecule has 0 unspecified atom stereocenters. The van der Waals surface area contributed by atoms with Crippen LogP contribution in [0.2, 0.25) is 10.0 Å². The van der Waals surface area contributed by atoms with E-state index in [9.17, 15) is 9.90 Å². The van der Waals surface area contributed by atoms with Gasteiger partial charge < -0.3 is 5.11 Å². The molecule has 1 amide bonds. The Hall–Kier alpha value is -2.54. The Labute approximate surface area is 178 Å². The van der Waals surface area contributed by atoms with Crippen molar-refractivity contribution < 1.29 is 9.90 Å². The topological polar surface area (TPSA) is 70.4 Å². The van der Waals surface area contributed by atoms with Crippen LogP contribution in [-0.2, 0) is 0 Å². The maximum atomic E-state index is 12.8. The first-order chi connectivity index (χ1) is 14.0. The number of nitrogens with zero attached hydrogens (tertiary/aromatic N) is 3. The number of phenolic OH excluding ortho intramolecular Hbond substituents is 1. The molecule has 1 fully saturated rings. The van der Waals surface area contributed by atoms with Gasteiger partial charge in [0, 0.05) is 23.7 Å². The van der Waals surface area contributed by atoms with Gasteiger partial charge in [-0.25, -0.2) is 9.69 Å². The summed E-state index contributed by atoms with van der Waals surface area (Å²) >= 11 is 12.4. The summed E-state index contributed by atoms with van der Waals surface area (Å²) in [5.41, 5.74) is 5.29. The van der Waals surface area contributed by atoms with E-state index in [0.29, 0.717) is 21.4 Å². The van der Waals surface area contributed by atoms with Crippen LogP contribution in [0.5, 0.6) is 5.75 Å². The standard InChI is InChI=1S/C21H20Cl2N4O2/c22-15-6-9-19(17(23)12-15)27-20(14-4-7-16(28)8-5-14)13-18(24-27)21(29)25-26-10-2-1-3-11-26/h4-9,12-13,28H,1-3,10-11H2,(H,25,29). The molecule has 0 atom stereocenters. The minimum absolute atomic E-state index is 0.160. The van der Waals surface area contributed by atoms with Crippen molar-refractivity contribution in [3.05, 3.63) is 64.3 Å². The average Bonchev–Trinajstić information content (AvgIpc) is 3.14. The number of hydrogen-bond acceptors (Lipinski definition) is 4. The molecule has 2 aromatic carbocycles. The molecule has 2 N–H and O–H groups in total. The van der Waals surface area contributed by atoms with Crippen molar-refractivity contribution in [2.24, 2.45) is 0 Å². The number of phenols is 1. The predicted molar refractivity (Wildman–Crippen MR) is 114 cm³/mol. The van der Waals surface area contributed by atoms with Crippen molar-refractivity contribution in [3.8, 4) is 22.7 Å². The monoisotopic (exact) mass is 430 g/mol. The smallest absolute Gasteiger partial charge is 0.286 e. The van der Waals surface area contributed by atoms with E-state index < -0.39 is 0 Å². The van der Waals surface area contributed by atoms with Gasteiger partial charge in [-0.1, -0.05) is 29.6 Å². The van der Waals surface area contributed by atoms with Crippen molar-refractivity contribution in [1.82, 2.24) is 20.2 Å². The van der Waals surface area contributed by atoms with Crippen molar-refractivity contribution in [2.45, 2.75) is 19.3 Å².